The van der Waals surface area contributed by atoms with Gasteiger partial charge in [0.25, 0.3) is 0 Å². The first-order valence-corrected chi connectivity index (χ1v) is 8.73. The van der Waals surface area contributed by atoms with Crippen molar-refractivity contribution in [1.82, 2.24) is 9.80 Å². The van der Waals surface area contributed by atoms with Crippen LogP contribution < -0.4 is 4.74 Å². The Kier molecular flexibility index (Phi) is 6.82. The van der Waals surface area contributed by atoms with E-state index in [9.17, 15) is 9.59 Å². The lowest BCUT2D eigenvalue weighted by Crippen LogP contribution is -2.52. The van der Waals surface area contributed by atoms with E-state index in [-0.39, 0.29) is 24.0 Å². The van der Waals surface area contributed by atoms with Crippen LogP contribution in [0.3, 0.4) is 0 Å². The van der Waals surface area contributed by atoms with Crippen LogP contribution in [0, 0.1) is 0 Å². The Morgan fingerprint density at radius 1 is 1.20 bits per heavy atom. The van der Waals surface area contributed by atoms with Gasteiger partial charge >= 0.3 is 0 Å². The monoisotopic (exact) mass is 348 g/mol. The molecule has 1 aromatic rings. The first-order valence-electron chi connectivity index (χ1n) is 8.73. The van der Waals surface area contributed by atoms with Crippen molar-refractivity contribution in [2.75, 3.05) is 33.4 Å². The minimum Gasteiger partial charge on any atom is -0.491 e. The van der Waals surface area contributed by atoms with Gasteiger partial charge in [0.15, 0.2) is 0 Å². The molecule has 1 heterocycles. The van der Waals surface area contributed by atoms with Crippen LogP contribution in [-0.2, 0) is 14.3 Å². The van der Waals surface area contributed by atoms with E-state index >= 15 is 0 Å². The highest BCUT2D eigenvalue weighted by Gasteiger charge is 2.32. The van der Waals surface area contributed by atoms with E-state index < -0.39 is 0 Å². The van der Waals surface area contributed by atoms with E-state index in [0.29, 0.717) is 32.7 Å². The third kappa shape index (κ3) is 5.19. The number of piperazine rings is 1. The van der Waals surface area contributed by atoms with E-state index in [0.717, 1.165) is 11.3 Å². The fourth-order valence-electron chi connectivity index (χ4n) is 3.03. The maximum Gasteiger partial charge on any atom is 0.225 e. The lowest BCUT2D eigenvalue weighted by molar-refractivity contribution is -0.142. The molecule has 1 aromatic carbocycles. The Labute approximate surface area is 149 Å². The minimum atomic E-state index is -0.143. The third-order valence-corrected chi connectivity index (χ3v) is 4.30. The van der Waals surface area contributed by atoms with Gasteiger partial charge in [0.1, 0.15) is 5.75 Å². The molecular weight excluding hydrogens is 320 g/mol. The van der Waals surface area contributed by atoms with Gasteiger partial charge in [0.05, 0.1) is 25.2 Å². The Hall–Kier alpha value is -2.08. The fraction of sp³-hybridized carbons (Fsp3) is 0.579. The van der Waals surface area contributed by atoms with E-state index in [1.807, 2.05) is 43.0 Å². The Morgan fingerprint density at radius 2 is 1.88 bits per heavy atom. The van der Waals surface area contributed by atoms with Gasteiger partial charge in [0.2, 0.25) is 11.8 Å². The second-order valence-electron chi connectivity index (χ2n) is 6.55. The number of rotatable bonds is 6. The molecule has 25 heavy (non-hydrogen) atoms. The van der Waals surface area contributed by atoms with Crippen LogP contribution in [0.25, 0.3) is 0 Å². The quantitative estimate of drug-likeness (QED) is 0.791. The summed E-state index contributed by atoms with van der Waals surface area (Å²) in [4.78, 5) is 28.0. The van der Waals surface area contributed by atoms with Crippen LogP contribution in [0.5, 0.6) is 5.75 Å². The van der Waals surface area contributed by atoms with Crippen molar-refractivity contribution in [3.8, 4) is 5.75 Å². The van der Waals surface area contributed by atoms with Crippen molar-refractivity contribution >= 4 is 11.8 Å². The molecule has 6 heteroatoms. The summed E-state index contributed by atoms with van der Waals surface area (Å²) in [7, 11) is 1.59. The summed E-state index contributed by atoms with van der Waals surface area (Å²) in [6.45, 7) is 7.55. The van der Waals surface area contributed by atoms with Crippen LogP contribution >= 0.6 is 0 Å². The fourth-order valence-corrected chi connectivity index (χ4v) is 3.03. The van der Waals surface area contributed by atoms with Gasteiger partial charge in [-0.05, 0) is 31.5 Å². The number of carbonyl (C=O) groups is 2. The largest absolute Gasteiger partial charge is 0.491 e. The van der Waals surface area contributed by atoms with Crippen molar-refractivity contribution in [3.05, 3.63) is 29.8 Å². The molecule has 0 spiro atoms. The molecule has 0 unspecified atom stereocenters. The average Bonchev–Trinajstić information content (AvgIpc) is 2.59. The molecule has 138 valence electrons. The molecule has 6 nitrogen and oxygen atoms in total. The van der Waals surface area contributed by atoms with Gasteiger partial charge < -0.3 is 19.3 Å². The Bertz CT molecular complexity index is 586. The molecule has 2 amide bonds. The van der Waals surface area contributed by atoms with Crippen molar-refractivity contribution in [3.63, 3.8) is 0 Å². The summed E-state index contributed by atoms with van der Waals surface area (Å²) in [5, 5.41) is 0. The van der Waals surface area contributed by atoms with Gasteiger partial charge in [0, 0.05) is 33.7 Å². The second kappa shape index (κ2) is 8.85. The normalized spacial score (nSPS) is 17.7. The number of benzene rings is 1. The first kappa shape index (κ1) is 19.2. The molecule has 0 bridgehead atoms. The molecule has 0 N–H and O–H groups in total. The lowest BCUT2D eigenvalue weighted by Gasteiger charge is -2.41. The van der Waals surface area contributed by atoms with Gasteiger partial charge in [-0.15, -0.1) is 0 Å². The van der Waals surface area contributed by atoms with Crippen LogP contribution in [0.2, 0.25) is 0 Å². The highest BCUT2D eigenvalue weighted by Crippen LogP contribution is 2.28. The topological polar surface area (TPSA) is 59.1 Å². The van der Waals surface area contributed by atoms with Gasteiger partial charge in [-0.3, -0.25) is 9.59 Å². The number of ether oxygens (including phenoxy) is 2. The molecule has 0 radical (unpaired) electrons. The number of nitrogens with zero attached hydrogens (tertiary/aromatic N) is 2. The highest BCUT2D eigenvalue weighted by molar-refractivity contribution is 5.78. The molecule has 1 saturated heterocycles. The zero-order valence-corrected chi connectivity index (χ0v) is 15.5. The van der Waals surface area contributed by atoms with E-state index in [4.69, 9.17) is 9.47 Å². The summed E-state index contributed by atoms with van der Waals surface area (Å²) >= 11 is 0. The van der Waals surface area contributed by atoms with E-state index in [1.54, 1.807) is 18.9 Å². The first-order chi connectivity index (χ1) is 11.9. The summed E-state index contributed by atoms with van der Waals surface area (Å²) in [6, 6.07) is 7.64. The molecule has 1 atom stereocenters. The van der Waals surface area contributed by atoms with Gasteiger partial charge in [-0.1, -0.05) is 12.1 Å². The highest BCUT2D eigenvalue weighted by atomic mass is 16.5. The van der Waals surface area contributed by atoms with E-state index in [2.05, 4.69) is 0 Å². The standard InChI is InChI=1S/C19H28N2O4/c1-14(2)25-17-7-5-16(6-8-17)18-13-20(15(3)22)10-11-21(18)19(23)9-12-24-4/h5-8,14,18H,9-13H2,1-4H3/t18-/m0/s1. The van der Waals surface area contributed by atoms with Crippen molar-refractivity contribution in [1.29, 1.82) is 0 Å². The zero-order chi connectivity index (χ0) is 18.4. The lowest BCUT2D eigenvalue weighted by atomic mass is 10.0. The SMILES string of the molecule is COCCC(=O)N1CCN(C(C)=O)C[C@H]1c1ccc(OC(C)C)cc1. The van der Waals surface area contributed by atoms with Gasteiger partial charge in [-0.25, -0.2) is 0 Å². The molecular formula is C19H28N2O4. The maximum atomic E-state index is 12.5. The Balaban J connectivity index is 2.19. The summed E-state index contributed by atoms with van der Waals surface area (Å²) in [6.07, 6.45) is 0.461. The van der Waals surface area contributed by atoms with Crippen LogP contribution in [-0.4, -0.2) is 61.1 Å². The number of hydrogen-bond acceptors (Lipinski definition) is 4. The molecule has 0 aromatic heterocycles. The number of amides is 2. The smallest absolute Gasteiger partial charge is 0.225 e. The molecule has 1 fully saturated rings. The number of methoxy groups -OCH3 is 1. The van der Waals surface area contributed by atoms with Crippen LogP contribution in [0.4, 0.5) is 0 Å². The molecule has 2 rings (SSSR count). The van der Waals surface area contributed by atoms with Gasteiger partial charge in [-0.2, -0.15) is 0 Å². The molecule has 1 aliphatic rings. The Morgan fingerprint density at radius 3 is 2.44 bits per heavy atom. The van der Waals surface area contributed by atoms with Crippen LogP contribution in [0.15, 0.2) is 24.3 Å². The van der Waals surface area contributed by atoms with Crippen LogP contribution in [0.1, 0.15) is 38.8 Å². The number of carbonyl (C=O) groups excluding carboxylic acids is 2. The predicted octanol–water partition coefficient (Wildman–Crippen LogP) is 2.24. The summed E-state index contributed by atoms with van der Waals surface area (Å²) < 4.78 is 10.7. The molecule has 1 aliphatic heterocycles. The average molecular weight is 348 g/mol. The summed E-state index contributed by atoms with van der Waals surface area (Å²) in [5.41, 5.74) is 1.01. The second-order valence-corrected chi connectivity index (χ2v) is 6.55. The third-order valence-electron chi connectivity index (χ3n) is 4.30. The minimum absolute atomic E-state index is 0.0359. The van der Waals surface area contributed by atoms with E-state index in [1.165, 1.54) is 0 Å². The van der Waals surface area contributed by atoms with Crippen molar-refractivity contribution < 1.29 is 19.1 Å². The zero-order valence-electron chi connectivity index (χ0n) is 15.5. The number of hydrogen-bond donors (Lipinski definition) is 0. The molecule has 0 saturated carbocycles. The van der Waals surface area contributed by atoms with Crippen molar-refractivity contribution in [2.24, 2.45) is 0 Å². The summed E-state index contributed by atoms with van der Waals surface area (Å²) in [5.74, 6) is 0.890. The predicted molar refractivity (Wildman–Crippen MR) is 95.4 cm³/mol. The molecule has 0 aliphatic carbocycles. The van der Waals surface area contributed by atoms with Crippen molar-refractivity contribution in [2.45, 2.75) is 39.3 Å². The maximum absolute atomic E-state index is 12.5.